The average Bonchev–Trinajstić information content (AvgIpc) is 2.23. The van der Waals surface area contributed by atoms with Gasteiger partial charge in [0.2, 0.25) is 0 Å². The highest BCUT2D eigenvalue weighted by Gasteiger charge is 2.09. The van der Waals surface area contributed by atoms with E-state index in [9.17, 15) is 9.59 Å². The van der Waals surface area contributed by atoms with E-state index in [0.29, 0.717) is 19.3 Å². The van der Waals surface area contributed by atoms with Crippen LogP contribution in [0.25, 0.3) is 0 Å². The summed E-state index contributed by atoms with van der Waals surface area (Å²) < 4.78 is 0. The van der Waals surface area contributed by atoms with E-state index >= 15 is 0 Å². The molecule has 1 rings (SSSR count). The van der Waals surface area contributed by atoms with Crippen molar-refractivity contribution in [2.24, 2.45) is 0 Å². The number of hydrogen-bond donors (Lipinski definition) is 1. The number of aliphatic carboxylic acids is 1. The van der Waals surface area contributed by atoms with E-state index in [-0.39, 0.29) is 12.2 Å². The lowest BCUT2D eigenvalue weighted by Gasteiger charge is -2.05. The number of benzene rings is 1. The number of ketones is 1. The van der Waals surface area contributed by atoms with Crippen LogP contribution in [0, 0.1) is 13.8 Å². The van der Waals surface area contributed by atoms with Crippen molar-refractivity contribution >= 4 is 11.8 Å². The van der Waals surface area contributed by atoms with Crippen LogP contribution in [-0.2, 0) is 4.79 Å². The zero-order chi connectivity index (χ0) is 12.8. The largest absolute Gasteiger partial charge is 0.481 e. The number of unbranched alkanes of at least 4 members (excludes halogenated alkanes) is 1. The fourth-order valence-corrected chi connectivity index (χ4v) is 1.82. The number of Topliss-reactive ketones (excluding diaryl/α,β-unsaturated/α-hetero) is 1. The summed E-state index contributed by atoms with van der Waals surface area (Å²) >= 11 is 0. The van der Waals surface area contributed by atoms with Crippen LogP contribution in [0.1, 0.15) is 47.2 Å². The second kappa shape index (κ2) is 6.18. The predicted octanol–water partition coefficient (Wildman–Crippen LogP) is 3.13. The van der Waals surface area contributed by atoms with Gasteiger partial charge in [-0.05, 0) is 32.3 Å². The molecule has 3 nitrogen and oxygen atoms in total. The number of carbonyl (C=O) groups excluding carboxylic acids is 1. The van der Waals surface area contributed by atoms with Crippen LogP contribution in [-0.4, -0.2) is 16.9 Å². The Morgan fingerprint density at radius 1 is 1.12 bits per heavy atom. The standard InChI is InChI=1S/C14H18O3/c1-10-7-8-12(11(2)9-10)13(15)5-3-4-6-14(16)17/h7-9H,3-6H2,1-2H3,(H,16,17). The molecule has 0 spiro atoms. The molecular formula is C14H18O3. The first-order valence-corrected chi connectivity index (χ1v) is 5.83. The van der Waals surface area contributed by atoms with E-state index in [1.165, 1.54) is 0 Å². The minimum absolute atomic E-state index is 0.105. The highest BCUT2D eigenvalue weighted by atomic mass is 16.4. The average molecular weight is 234 g/mol. The van der Waals surface area contributed by atoms with Gasteiger partial charge < -0.3 is 5.11 Å². The molecule has 0 saturated heterocycles. The molecule has 0 bridgehead atoms. The Hall–Kier alpha value is -1.64. The summed E-state index contributed by atoms with van der Waals surface area (Å²) in [7, 11) is 0. The van der Waals surface area contributed by atoms with Crippen molar-refractivity contribution in [1.82, 2.24) is 0 Å². The third kappa shape index (κ3) is 4.39. The van der Waals surface area contributed by atoms with Gasteiger partial charge in [-0.25, -0.2) is 0 Å². The van der Waals surface area contributed by atoms with Gasteiger partial charge in [0.25, 0.3) is 0 Å². The Balaban J connectivity index is 2.50. The molecular weight excluding hydrogens is 216 g/mol. The van der Waals surface area contributed by atoms with Crippen LogP contribution in [0.15, 0.2) is 18.2 Å². The summed E-state index contributed by atoms with van der Waals surface area (Å²) in [5, 5.41) is 8.49. The van der Waals surface area contributed by atoms with Crippen molar-refractivity contribution in [3.63, 3.8) is 0 Å². The van der Waals surface area contributed by atoms with Gasteiger partial charge in [-0.3, -0.25) is 9.59 Å². The fourth-order valence-electron chi connectivity index (χ4n) is 1.82. The molecule has 3 heteroatoms. The summed E-state index contributed by atoms with van der Waals surface area (Å²) in [5.41, 5.74) is 2.89. The van der Waals surface area contributed by atoms with Crippen LogP contribution in [0.2, 0.25) is 0 Å². The van der Waals surface area contributed by atoms with Crippen LogP contribution < -0.4 is 0 Å². The lowest BCUT2D eigenvalue weighted by molar-refractivity contribution is -0.137. The van der Waals surface area contributed by atoms with E-state index in [1.807, 2.05) is 32.0 Å². The maximum Gasteiger partial charge on any atom is 0.303 e. The number of hydrogen-bond acceptors (Lipinski definition) is 2. The Morgan fingerprint density at radius 3 is 2.35 bits per heavy atom. The van der Waals surface area contributed by atoms with Crippen LogP contribution in [0.4, 0.5) is 0 Å². The van der Waals surface area contributed by atoms with Crippen LogP contribution in [0.3, 0.4) is 0 Å². The first-order chi connectivity index (χ1) is 8.00. The molecule has 0 fully saturated rings. The van der Waals surface area contributed by atoms with Crippen LogP contribution in [0.5, 0.6) is 0 Å². The summed E-state index contributed by atoms with van der Waals surface area (Å²) in [4.78, 5) is 22.2. The molecule has 0 saturated carbocycles. The first kappa shape index (κ1) is 13.4. The molecule has 0 atom stereocenters. The Bertz CT molecular complexity index is 421. The molecule has 0 aliphatic carbocycles. The van der Waals surface area contributed by atoms with Crippen molar-refractivity contribution in [1.29, 1.82) is 0 Å². The van der Waals surface area contributed by atoms with Gasteiger partial charge in [0.1, 0.15) is 0 Å². The Labute approximate surface area is 101 Å². The number of carboxylic acids is 1. The van der Waals surface area contributed by atoms with Gasteiger partial charge in [-0.2, -0.15) is 0 Å². The van der Waals surface area contributed by atoms with Gasteiger partial charge in [-0.15, -0.1) is 0 Å². The van der Waals surface area contributed by atoms with Crippen molar-refractivity contribution in [3.05, 3.63) is 34.9 Å². The summed E-state index contributed by atoms with van der Waals surface area (Å²) in [5.74, 6) is -0.697. The van der Waals surface area contributed by atoms with Gasteiger partial charge in [0.05, 0.1) is 0 Å². The Kier molecular flexibility index (Phi) is 4.88. The molecule has 17 heavy (non-hydrogen) atoms. The SMILES string of the molecule is Cc1ccc(C(=O)CCCCC(=O)O)c(C)c1. The maximum atomic E-state index is 11.9. The van der Waals surface area contributed by atoms with E-state index in [4.69, 9.17) is 5.11 Å². The van der Waals surface area contributed by atoms with Crippen molar-refractivity contribution in [2.45, 2.75) is 39.5 Å². The van der Waals surface area contributed by atoms with Gasteiger partial charge in [0.15, 0.2) is 5.78 Å². The van der Waals surface area contributed by atoms with Crippen molar-refractivity contribution in [3.8, 4) is 0 Å². The molecule has 0 radical (unpaired) electrons. The topological polar surface area (TPSA) is 54.4 Å². The Morgan fingerprint density at radius 2 is 1.76 bits per heavy atom. The number of carboxylic acid groups (broad SMARTS) is 1. The molecule has 1 N–H and O–H groups in total. The molecule has 0 unspecified atom stereocenters. The summed E-state index contributed by atoms with van der Waals surface area (Å²) in [6, 6.07) is 5.77. The van der Waals surface area contributed by atoms with Gasteiger partial charge >= 0.3 is 5.97 Å². The van der Waals surface area contributed by atoms with Crippen molar-refractivity contribution in [2.75, 3.05) is 0 Å². The molecule has 1 aromatic carbocycles. The summed E-state index contributed by atoms with van der Waals surface area (Å²) in [6.45, 7) is 3.92. The second-order valence-corrected chi connectivity index (χ2v) is 4.34. The zero-order valence-electron chi connectivity index (χ0n) is 10.3. The zero-order valence-corrected chi connectivity index (χ0v) is 10.3. The quantitative estimate of drug-likeness (QED) is 0.607. The highest BCUT2D eigenvalue weighted by Crippen LogP contribution is 2.14. The molecule has 1 aromatic rings. The molecule has 0 aliphatic rings. The van der Waals surface area contributed by atoms with E-state index in [2.05, 4.69) is 0 Å². The molecule has 0 heterocycles. The van der Waals surface area contributed by atoms with Gasteiger partial charge in [-0.1, -0.05) is 23.8 Å². The van der Waals surface area contributed by atoms with Gasteiger partial charge in [0, 0.05) is 18.4 Å². The highest BCUT2D eigenvalue weighted by molar-refractivity contribution is 5.97. The minimum Gasteiger partial charge on any atom is -0.481 e. The third-order valence-electron chi connectivity index (χ3n) is 2.73. The fraction of sp³-hybridized carbons (Fsp3) is 0.429. The predicted molar refractivity (Wildman–Crippen MR) is 66.4 cm³/mol. The summed E-state index contributed by atoms with van der Waals surface area (Å²) in [6.07, 6.45) is 1.77. The van der Waals surface area contributed by atoms with E-state index in [0.717, 1.165) is 16.7 Å². The van der Waals surface area contributed by atoms with E-state index < -0.39 is 5.97 Å². The normalized spacial score (nSPS) is 10.2. The molecule has 92 valence electrons. The lowest BCUT2D eigenvalue weighted by atomic mass is 9.99. The molecule has 0 aromatic heterocycles. The second-order valence-electron chi connectivity index (χ2n) is 4.34. The first-order valence-electron chi connectivity index (χ1n) is 5.83. The number of rotatable bonds is 6. The lowest BCUT2D eigenvalue weighted by Crippen LogP contribution is -2.03. The monoisotopic (exact) mass is 234 g/mol. The minimum atomic E-state index is -0.802. The number of aryl methyl sites for hydroxylation is 2. The van der Waals surface area contributed by atoms with E-state index in [1.54, 1.807) is 0 Å². The maximum absolute atomic E-state index is 11.9. The number of carbonyl (C=O) groups is 2. The molecule has 0 amide bonds. The van der Waals surface area contributed by atoms with Crippen LogP contribution >= 0.6 is 0 Å². The molecule has 0 aliphatic heterocycles. The third-order valence-corrected chi connectivity index (χ3v) is 2.73. The smallest absolute Gasteiger partial charge is 0.303 e. The van der Waals surface area contributed by atoms with Crippen molar-refractivity contribution < 1.29 is 14.7 Å².